The second-order valence-corrected chi connectivity index (χ2v) is 9.84. The lowest BCUT2D eigenvalue weighted by molar-refractivity contribution is -0.905. The predicted octanol–water partition coefficient (Wildman–Crippen LogP) is 6.42. The molecule has 0 aliphatic rings. The Morgan fingerprint density at radius 2 is 1.58 bits per heavy atom. The number of hydrogen-bond acceptors (Lipinski definition) is 3. The zero-order valence-corrected chi connectivity index (χ0v) is 21.2. The van der Waals surface area contributed by atoms with E-state index in [2.05, 4.69) is 57.4 Å². The smallest absolute Gasteiger partial charge is 0.314 e. The third-order valence-corrected chi connectivity index (χ3v) is 5.94. The van der Waals surface area contributed by atoms with E-state index < -0.39 is 0 Å². The Bertz CT molecular complexity index is 804. The van der Waals surface area contributed by atoms with Crippen LogP contribution in [0.4, 0.5) is 0 Å². The van der Waals surface area contributed by atoms with Crippen molar-refractivity contribution in [2.45, 2.75) is 65.3 Å². The van der Waals surface area contributed by atoms with Gasteiger partial charge >= 0.3 is 5.97 Å². The molecule has 0 radical (unpaired) electrons. The van der Waals surface area contributed by atoms with Gasteiger partial charge in [0.1, 0.15) is 31.4 Å². The van der Waals surface area contributed by atoms with Gasteiger partial charge in [0.15, 0.2) is 0 Å². The van der Waals surface area contributed by atoms with Gasteiger partial charge in [-0.3, -0.25) is 4.79 Å². The number of nitrogens with zero attached hydrogens (tertiary/aromatic N) is 1. The molecule has 0 bridgehead atoms. The number of quaternary nitrogens is 1. The maximum atomic E-state index is 12.5. The van der Waals surface area contributed by atoms with E-state index in [1.807, 2.05) is 25.1 Å². The highest BCUT2D eigenvalue weighted by atomic mass is 16.6. The minimum Gasteiger partial charge on any atom is -0.490 e. The lowest BCUT2D eigenvalue weighted by Gasteiger charge is -2.31. The molecule has 0 aliphatic heterocycles. The van der Waals surface area contributed by atoms with Gasteiger partial charge in [-0.2, -0.15) is 0 Å². The van der Waals surface area contributed by atoms with Crippen LogP contribution in [0.1, 0.15) is 63.5 Å². The van der Waals surface area contributed by atoms with E-state index >= 15 is 0 Å². The molecule has 33 heavy (non-hydrogen) atoms. The molecule has 1 unspecified atom stereocenters. The summed E-state index contributed by atoms with van der Waals surface area (Å²) < 4.78 is 12.1. The number of unbranched alkanes of at least 4 members (excludes halogenated alkanes) is 5. The van der Waals surface area contributed by atoms with Crippen molar-refractivity contribution >= 4 is 5.97 Å². The van der Waals surface area contributed by atoms with E-state index in [-0.39, 0.29) is 18.5 Å². The van der Waals surface area contributed by atoms with Crippen molar-refractivity contribution in [2.24, 2.45) is 5.92 Å². The molecule has 0 aliphatic carbocycles. The second-order valence-electron chi connectivity index (χ2n) is 9.84. The summed E-state index contributed by atoms with van der Waals surface area (Å²) in [7, 11) is 4.30. The Hall–Kier alpha value is -2.33. The van der Waals surface area contributed by atoms with Crippen LogP contribution in [0, 0.1) is 5.92 Å². The Labute approximate surface area is 201 Å². The van der Waals surface area contributed by atoms with Gasteiger partial charge < -0.3 is 14.0 Å². The molecule has 0 fully saturated rings. The van der Waals surface area contributed by atoms with Crippen LogP contribution < -0.4 is 4.74 Å². The molecule has 2 aromatic rings. The van der Waals surface area contributed by atoms with Gasteiger partial charge in [-0.25, -0.2) is 0 Å². The van der Waals surface area contributed by atoms with Crippen molar-refractivity contribution in [1.29, 1.82) is 0 Å². The summed E-state index contributed by atoms with van der Waals surface area (Å²) in [5.74, 6) is 0.530. The van der Waals surface area contributed by atoms with Crippen molar-refractivity contribution in [3.8, 4) is 5.75 Å². The first-order chi connectivity index (χ1) is 15.9. The summed E-state index contributed by atoms with van der Waals surface area (Å²) in [5.41, 5.74) is 2.59. The highest BCUT2D eigenvalue weighted by molar-refractivity contribution is 5.72. The molecular formula is C29H44NO3+. The average molecular weight is 455 g/mol. The van der Waals surface area contributed by atoms with Crippen LogP contribution in [-0.4, -0.2) is 44.3 Å². The van der Waals surface area contributed by atoms with E-state index in [0.717, 1.165) is 29.7 Å². The van der Waals surface area contributed by atoms with E-state index in [4.69, 9.17) is 9.47 Å². The molecule has 182 valence electrons. The Morgan fingerprint density at radius 3 is 2.33 bits per heavy atom. The maximum Gasteiger partial charge on any atom is 0.314 e. The fraction of sp³-hybridized carbons (Fsp3) is 0.552. The quantitative estimate of drug-likeness (QED) is 0.167. The van der Waals surface area contributed by atoms with Gasteiger partial charge in [-0.1, -0.05) is 81.5 Å². The van der Waals surface area contributed by atoms with Crippen LogP contribution in [-0.2, 0) is 22.5 Å². The predicted molar refractivity (Wildman–Crippen MR) is 136 cm³/mol. The third kappa shape index (κ3) is 11.4. The summed E-state index contributed by atoms with van der Waals surface area (Å²) in [4.78, 5) is 12.5. The number of carbonyl (C=O) groups is 1. The minimum absolute atomic E-state index is 0.158. The number of esters is 1. The van der Waals surface area contributed by atoms with Crippen molar-refractivity contribution in [2.75, 3.05) is 33.9 Å². The first-order valence-corrected chi connectivity index (χ1v) is 12.6. The normalized spacial score (nSPS) is 12.4. The molecule has 0 aromatic heterocycles. The largest absolute Gasteiger partial charge is 0.490 e. The SMILES string of the molecule is CCCCCCCCc1cccc(OCCOC(=O)C(C)C[N+](C)(C)Cc2ccccc2)c1. The number of hydrogen-bond donors (Lipinski definition) is 0. The molecule has 2 aromatic carbocycles. The summed E-state index contributed by atoms with van der Waals surface area (Å²) in [5, 5.41) is 0. The van der Waals surface area contributed by atoms with Crippen molar-refractivity contribution in [3.05, 3.63) is 65.7 Å². The van der Waals surface area contributed by atoms with Crippen LogP contribution >= 0.6 is 0 Å². The second kappa shape index (κ2) is 14.7. The zero-order chi connectivity index (χ0) is 23.9. The monoisotopic (exact) mass is 454 g/mol. The number of rotatable bonds is 16. The van der Waals surface area contributed by atoms with Gasteiger partial charge in [-0.05, 0) is 37.5 Å². The number of carbonyl (C=O) groups excluding carboxylic acids is 1. The van der Waals surface area contributed by atoms with Crippen molar-refractivity contribution < 1.29 is 18.8 Å². The van der Waals surface area contributed by atoms with E-state index in [9.17, 15) is 4.79 Å². The Morgan fingerprint density at radius 1 is 0.879 bits per heavy atom. The third-order valence-electron chi connectivity index (χ3n) is 5.94. The van der Waals surface area contributed by atoms with Crippen LogP contribution in [0.25, 0.3) is 0 Å². The van der Waals surface area contributed by atoms with Gasteiger partial charge in [-0.15, -0.1) is 0 Å². The van der Waals surface area contributed by atoms with Gasteiger partial charge in [0.2, 0.25) is 0 Å². The minimum atomic E-state index is -0.163. The standard InChI is InChI=1S/C29H44NO3/c1-5-6-7-8-9-11-15-26-18-14-19-28(22-26)32-20-21-33-29(31)25(2)23-30(3,4)24-27-16-12-10-13-17-27/h10,12-14,16-19,22,25H,5-9,11,15,20-21,23-24H2,1-4H3/q+1. The van der Waals surface area contributed by atoms with Gasteiger partial charge in [0.25, 0.3) is 0 Å². The van der Waals surface area contributed by atoms with Crippen molar-refractivity contribution in [1.82, 2.24) is 0 Å². The fourth-order valence-electron chi connectivity index (χ4n) is 4.30. The molecule has 4 heteroatoms. The topological polar surface area (TPSA) is 35.5 Å². The molecule has 0 amide bonds. The van der Waals surface area contributed by atoms with Gasteiger partial charge in [0.05, 0.1) is 20.6 Å². The van der Waals surface area contributed by atoms with Crippen LogP contribution in [0.15, 0.2) is 54.6 Å². The molecule has 0 saturated heterocycles. The molecule has 2 rings (SSSR count). The molecule has 4 nitrogen and oxygen atoms in total. The lowest BCUT2D eigenvalue weighted by atomic mass is 10.0. The van der Waals surface area contributed by atoms with E-state index in [1.165, 1.54) is 49.7 Å². The zero-order valence-electron chi connectivity index (χ0n) is 21.2. The molecule has 0 saturated carbocycles. The highest BCUT2D eigenvalue weighted by Gasteiger charge is 2.25. The fourth-order valence-corrected chi connectivity index (χ4v) is 4.30. The summed E-state index contributed by atoms with van der Waals surface area (Å²) in [6, 6.07) is 18.7. The Kier molecular flexibility index (Phi) is 12.0. The Balaban J connectivity index is 1.65. The summed E-state index contributed by atoms with van der Waals surface area (Å²) in [6.07, 6.45) is 8.92. The maximum absolute atomic E-state index is 12.5. The molecule has 0 N–H and O–H groups in total. The molecular weight excluding hydrogens is 410 g/mol. The summed E-state index contributed by atoms with van der Waals surface area (Å²) in [6.45, 7) is 6.46. The summed E-state index contributed by atoms with van der Waals surface area (Å²) >= 11 is 0. The van der Waals surface area contributed by atoms with Crippen molar-refractivity contribution in [3.63, 3.8) is 0 Å². The molecule has 1 atom stereocenters. The average Bonchev–Trinajstić information content (AvgIpc) is 2.79. The molecule has 0 spiro atoms. The lowest BCUT2D eigenvalue weighted by Crippen LogP contribution is -2.44. The first-order valence-electron chi connectivity index (χ1n) is 12.6. The first kappa shape index (κ1) is 26.9. The van der Waals surface area contributed by atoms with Gasteiger partial charge in [0, 0.05) is 5.56 Å². The van der Waals surface area contributed by atoms with E-state index in [1.54, 1.807) is 0 Å². The van der Waals surface area contributed by atoms with Crippen LogP contribution in [0.3, 0.4) is 0 Å². The highest BCUT2D eigenvalue weighted by Crippen LogP contribution is 2.17. The van der Waals surface area contributed by atoms with Crippen LogP contribution in [0.2, 0.25) is 0 Å². The number of ether oxygens (including phenoxy) is 2. The van der Waals surface area contributed by atoms with Crippen LogP contribution in [0.5, 0.6) is 5.75 Å². The number of aryl methyl sites for hydroxylation is 1. The van der Waals surface area contributed by atoms with E-state index in [0.29, 0.717) is 6.61 Å². The molecule has 0 heterocycles. The number of benzene rings is 2.